The van der Waals surface area contributed by atoms with E-state index in [9.17, 15) is 18.3 Å². The average molecular weight is 410 g/mol. The maximum Gasteiger partial charge on any atom is 0.253 e. The molecular formula is C15H24ClN3O4S2. The molecule has 142 valence electrons. The second kappa shape index (κ2) is 8.79. The summed E-state index contributed by atoms with van der Waals surface area (Å²) in [5.74, 6) is -0.297. The van der Waals surface area contributed by atoms with E-state index in [0.29, 0.717) is 32.6 Å². The molecule has 25 heavy (non-hydrogen) atoms. The molecular weight excluding hydrogens is 386 g/mol. The number of hydrogen-bond donors (Lipinski definition) is 3. The van der Waals surface area contributed by atoms with Crippen LogP contribution in [0.2, 0.25) is 0 Å². The van der Waals surface area contributed by atoms with E-state index in [1.165, 1.54) is 15.6 Å². The third-order valence-electron chi connectivity index (χ3n) is 4.66. The van der Waals surface area contributed by atoms with E-state index in [4.69, 9.17) is 0 Å². The molecule has 1 aromatic heterocycles. The lowest BCUT2D eigenvalue weighted by Gasteiger charge is -2.33. The Morgan fingerprint density at radius 1 is 1.40 bits per heavy atom. The van der Waals surface area contributed by atoms with Crippen LogP contribution in [0, 0.1) is 5.92 Å². The van der Waals surface area contributed by atoms with Gasteiger partial charge in [-0.15, -0.1) is 23.7 Å². The summed E-state index contributed by atoms with van der Waals surface area (Å²) in [6.07, 6.45) is 1.66. The standard InChI is InChI=1S/C15H23N3O4S2.ClH/c19-13-10-16-8-11(13)9-17-15(20)12-4-1-2-6-18(12)24(21,22)14-5-3-7-23-14;/h3,5,7,11-13,16,19H,1-2,4,6,8-10H2,(H,17,20);1H. The van der Waals surface area contributed by atoms with Crippen LogP contribution < -0.4 is 10.6 Å². The van der Waals surface area contributed by atoms with E-state index in [-0.39, 0.29) is 28.4 Å². The van der Waals surface area contributed by atoms with Crippen LogP contribution >= 0.6 is 23.7 Å². The lowest BCUT2D eigenvalue weighted by molar-refractivity contribution is -0.126. The number of carbonyl (C=O) groups excluding carboxylic acids is 1. The first kappa shape index (κ1) is 20.6. The molecule has 2 fully saturated rings. The molecule has 0 spiro atoms. The number of piperidine rings is 1. The fourth-order valence-electron chi connectivity index (χ4n) is 3.26. The summed E-state index contributed by atoms with van der Waals surface area (Å²) in [6.45, 7) is 1.91. The van der Waals surface area contributed by atoms with E-state index in [0.717, 1.165) is 12.8 Å². The third kappa shape index (κ3) is 4.53. The first-order valence-electron chi connectivity index (χ1n) is 8.22. The molecule has 3 unspecified atom stereocenters. The van der Waals surface area contributed by atoms with Crippen molar-refractivity contribution >= 4 is 39.7 Å². The fraction of sp³-hybridized carbons (Fsp3) is 0.667. The van der Waals surface area contributed by atoms with Crippen molar-refractivity contribution in [2.24, 2.45) is 5.92 Å². The number of sulfonamides is 1. The molecule has 0 bridgehead atoms. The molecule has 10 heteroatoms. The topological polar surface area (TPSA) is 98.7 Å². The highest BCUT2D eigenvalue weighted by Gasteiger charge is 2.38. The largest absolute Gasteiger partial charge is 0.391 e. The second-order valence-electron chi connectivity index (χ2n) is 6.29. The van der Waals surface area contributed by atoms with Gasteiger partial charge in [0.05, 0.1) is 6.10 Å². The van der Waals surface area contributed by atoms with Gasteiger partial charge in [0.25, 0.3) is 10.0 Å². The quantitative estimate of drug-likeness (QED) is 0.654. The van der Waals surface area contributed by atoms with Crippen LogP contribution in [-0.4, -0.2) is 62.1 Å². The molecule has 3 rings (SSSR count). The van der Waals surface area contributed by atoms with E-state index < -0.39 is 22.2 Å². The highest BCUT2D eigenvalue weighted by molar-refractivity contribution is 7.91. The maximum absolute atomic E-state index is 12.8. The summed E-state index contributed by atoms with van der Waals surface area (Å²) in [5, 5.41) is 17.4. The van der Waals surface area contributed by atoms with Gasteiger partial charge in [-0.2, -0.15) is 4.31 Å². The maximum atomic E-state index is 12.8. The molecule has 3 atom stereocenters. The zero-order chi connectivity index (χ0) is 17.2. The predicted octanol–water partition coefficient (Wildman–Crippen LogP) is 0.410. The van der Waals surface area contributed by atoms with E-state index in [1.807, 2.05) is 0 Å². The number of nitrogens with one attached hydrogen (secondary N) is 2. The normalized spacial score (nSPS) is 27.6. The molecule has 1 amide bonds. The number of nitrogens with zero attached hydrogens (tertiary/aromatic N) is 1. The van der Waals surface area contributed by atoms with Gasteiger partial charge in [-0.3, -0.25) is 4.79 Å². The van der Waals surface area contributed by atoms with Gasteiger partial charge in [0, 0.05) is 32.1 Å². The van der Waals surface area contributed by atoms with Crippen molar-refractivity contribution in [3.05, 3.63) is 17.5 Å². The van der Waals surface area contributed by atoms with Crippen molar-refractivity contribution in [2.75, 3.05) is 26.2 Å². The SMILES string of the molecule is Cl.O=C(NCC1CNCC1O)C1CCCCN1S(=O)(=O)c1cccs1. The minimum absolute atomic E-state index is 0. The summed E-state index contributed by atoms with van der Waals surface area (Å²) in [4.78, 5) is 12.6. The Balaban J connectivity index is 0.00000225. The summed E-state index contributed by atoms with van der Waals surface area (Å²) in [5.41, 5.74) is 0. The number of β-amino-alcohol motifs (C(OH)–C–C–N with tert-alkyl or cyclic N) is 1. The molecule has 0 aliphatic carbocycles. The first-order chi connectivity index (χ1) is 11.5. The van der Waals surface area contributed by atoms with Crippen LogP contribution in [0.1, 0.15) is 19.3 Å². The van der Waals surface area contributed by atoms with E-state index in [2.05, 4.69) is 10.6 Å². The molecule has 0 radical (unpaired) electrons. The van der Waals surface area contributed by atoms with Crippen molar-refractivity contribution in [3.8, 4) is 0 Å². The number of rotatable bonds is 5. The van der Waals surface area contributed by atoms with Crippen molar-refractivity contribution in [3.63, 3.8) is 0 Å². The van der Waals surface area contributed by atoms with Crippen LogP contribution in [0.25, 0.3) is 0 Å². The summed E-state index contributed by atoms with van der Waals surface area (Å²) in [6, 6.07) is 2.60. The van der Waals surface area contributed by atoms with Gasteiger partial charge < -0.3 is 15.7 Å². The predicted molar refractivity (Wildman–Crippen MR) is 98.5 cm³/mol. The van der Waals surface area contributed by atoms with Crippen molar-refractivity contribution in [1.82, 2.24) is 14.9 Å². The van der Waals surface area contributed by atoms with E-state index in [1.54, 1.807) is 17.5 Å². The number of thiophene rings is 1. The number of hydrogen-bond acceptors (Lipinski definition) is 6. The Labute approximate surface area is 158 Å². The van der Waals surface area contributed by atoms with Gasteiger partial charge in [0.1, 0.15) is 10.3 Å². The Hall–Kier alpha value is -0.710. The summed E-state index contributed by atoms with van der Waals surface area (Å²) in [7, 11) is -3.63. The summed E-state index contributed by atoms with van der Waals surface area (Å²) >= 11 is 1.17. The Morgan fingerprint density at radius 3 is 2.84 bits per heavy atom. The minimum Gasteiger partial charge on any atom is -0.391 e. The summed E-state index contributed by atoms with van der Waals surface area (Å²) < 4.78 is 27.2. The van der Waals surface area contributed by atoms with Crippen LogP contribution in [0.3, 0.4) is 0 Å². The van der Waals surface area contributed by atoms with Gasteiger partial charge in [-0.1, -0.05) is 12.5 Å². The Kier molecular flexibility index (Phi) is 7.24. The van der Waals surface area contributed by atoms with Crippen LogP contribution in [0.4, 0.5) is 0 Å². The van der Waals surface area contributed by atoms with Crippen LogP contribution in [-0.2, 0) is 14.8 Å². The van der Waals surface area contributed by atoms with Crippen molar-refractivity contribution < 1.29 is 18.3 Å². The van der Waals surface area contributed by atoms with Crippen LogP contribution in [0.5, 0.6) is 0 Å². The number of aliphatic hydroxyl groups excluding tert-OH is 1. The lowest BCUT2D eigenvalue weighted by Crippen LogP contribution is -2.52. The molecule has 2 aliphatic heterocycles. The molecule has 0 aromatic carbocycles. The molecule has 2 saturated heterocycles. The van der Waals surface area contributed by atoms with E-state index >= 15 is 0 Å². The molecule has 2 aliphatic rings. The van der Waals surface area contributed by atoms with Gasteiger partial charge in [0.15, 0.2) is 0 Å². The number of carbonyl (C=O) groups is 1. The lowest BCUT2D eigenvalue weighted by atomic mass is 10.0. The molecule has 1 aromatic rings. The van der Waals surface area contributed by atoms with Crippen molar-refractivity contribution in [1.29, 1.82) is 0 Å². The van der Waals surface area contributed by atoms with Gasteiger partial charge in [0.2, 0.25) is 5.91 Å². The number of halogens is 1. The average Bonchev–Trinajstić information content (AvgIpc) is 3.24. The van der Waals surface area contributed by atoms with Gasteiger partial charge in [-0.05, 0) is 24.3 Å². The first-order valence-corrected chi connectivity index (χ1v) is 10.5. The number of amides is 1. The number of aliphatic hydroxyl groups is 1. The Bertz CT molecular complexity index is 668. The van der Waals surface area contributed by atoms with Crippen molar-refractivity contribution in [2.45, 2.75) is 35.6 Å². The highest BCUT2D eigenvalue weighted by atomic mass is 35.5. The second-order valence-corrected chi connectivity index (χ2v) is 9.36. The van der Waals surface area contributed by atoms with Crippen LogP contribution in [0.15, 0.2) is 21.7 Å². The zero-order valence-corrected chi connectivity index (χ0v) is 16.2. The fourth-order valence-corrected chi connectivity index (χ4v) is 6.03. The van der Waals surface area contributed by atoms with Gasteiger partial charge >= 0.3 is 0 Å². The molecule has 7 nitrogen and oxygen atoms in total. The monoisotopic (exact) mass is 409 g/mol. The smallest absolute Gasteiger partial charge is 0.253 e. The molecule has 0 saturated carbocycles. The zero-order valence-electron chi connectivity index (χ0n) is 13.8. The molecule has 3 N–H and O–H groups in total. The highest BCUT2D eigenvalue weighted by Crippen LogP contribution is 2.28. The minimum atomic E-state index is -3.63. The molecule has 3 heterocycles. The van der Waals surface area contributed by atoms with Gasteiger partial charge in [-0.25, -0.2) is 8.42 Å². The third-order valence-corrected chi connectivity index (χ3v) is 7.94. The Morgan fingerprint density at radius 2 is 2.20 bits per heavy atom.